The van der Waals surface area contributed by atoms with Crippen molar-refractivity contribution in [3.05, 3.63) is 29.6 Å². The number of hydrogen-bond acceptors (Lipinski definition) is 4. The lowest BCUT2D eigenvalue weighted by Crippen LogP contribution is -2.57. The van der Waals surface area contributed by atoms with E-state index in [2.05, 4.69) is 21.7 Å². The number of carbonyl (C=O) groups is 2. The average Bonchev–Trinajstić information content (AvgIpc) is 3.06. The molecule has 3 saturated heterocycles. The third-order valence-electron chi connectivity index (χ3n) is 9.91. The fourth-order valence-corrected chi connectivity index (χ4v) is 7.78. The normalized spacial score (nSPS) is 21.2. The summed E-state index contributed by atoms with van der Waals surface area (Å²) in [5, 5.41) is 3.74. The molecule has 0 radical (unpaired) electrons. The SMILES string of the molecule is CCCCCN1CC(Cl)CNC1=[N+]1CCC(CCCOc2ccc(CC(=O)N3CCCN(C(=O)CCCCS(=O)O)CCC3)c(F)c2)CC1. The molecule has 13 heteroatoms. The highest BCUT2D eigenvalue weighted by Gasteiger charge is 2.32. The molecule has 10 nitrogen and oxygen atoms in total. The number of amides is 2. The summed E-state index contributed by atoms with van der Waals surface area (Å²) in [6.07, 6.45) is 10.8. The van der Waals surface area contributed by atoms with E-state index in [-0.39, 0.29) is 29.4 Å². The van der Waals surface area contributed by atoms with Gasteiger partial charge in [0.25, 0.3) is 0 Å². The zero-order valence-corrected chi connectivity index (χ0v) is 31.0. The Kier molecular flexibility index (Phi) is 16.9. The maximum atomic E-state index is 15.0. The summed E-state index contributed by atoms with van der Waals surface area (Å²) in [6, 6.07) is 4.80. The van der Waals surface area contributed by atoms with Gasteiger partial charge in [-0.25, -0.2) is 8.60 Å². The Morgan fingerprint density at radius 2 is 1.76 bits per heavy atom. The summed E-state index contributed by atoms with van der Waals surface area (Å²) in [5.41, 5.74) is 0.364. The zero-order chi connectivity index (χ0) is 35.0. The molecular formula is C36H58ClFN5O5S+. The molecule has 3 heterocycles. The number of carbonyl (C=O) groups excluding carboxylic acids is 2. The number of piperidine rings is 1. The van der Waals surface area contributed by atoms with E-state index in [1.165, 1.54) is 31.3 Å². The molecule has 276 valence electrons. The van der Waals surface area contributed by atoms with Crippen LogP contribution in [0.1, 0.15) is 89.5 Å². The minimum atomic E-state index is -1.82. The number of nitrogens with one attached hydrogen (secondary N) is 1. The first-order chi connectivity index (χ1) is 23.7. The minimum Gasteiger partial charge on any atom is -0.493 e. The van der Waals surface area contributed by atoms with Crippen LogP contribution in [0.3, 0.4) is 0 Å². The second-order valence-electron chi connectivity index (χ2n) is 13.8. The quantitative estimate of drug-likeness (QED) is 0.109. The van der Waals surface area contributed by atoms with Crippen LogP contribution in [-0.2, 0) is 27.1 Å². The Morgan fingerprint density at radius 3 is 2.43 bits per heavy atom. The van der Waals surface area contributed by atoms with Crippen LogP contribution in [0, 0.1) is 11.7 Å². The van der Waals surface area contributed by atoms with Gasteiger partial charge in [0.2, 0.25) is 11.8 Å². The van der Waals surface area contributed by atoms with Gasteiger partial charge < -0.3 is 19.1 Å². The number of guanidine groups is 1. The molecule has 2 atom stereocenters. The highest BCUT2D eigenvalue weighted by molar-refractivity contribution is 7.79. The fraction of sp³-hybridized carbons (Fsp3) is 0.750. The Labute approximate surface area is 300 Å². The number of halogens is 2. The van der Waals surface area contributed by atoms with Crippen LogP contribution in [0.2, 0.25) is 0 Å². The van der Waals surface area contributed by atoms with Crippen molar-refractivity contribution in [2.45, 2.75) is 95.8 Å². The third-order valence-corrected chi connectivity index (χ3v) is 10.8. The predicted molar refractivity (Wildman–Crippen MR) is 193 cm³/mol. The summed E-state index contributed by atoms with van der Waals surface area (Å²) in [4.78, 5) is 31.6. The summed E-state index contributed by atoms with van der Waals surface area (Å²) in [6.45, 7) is 9.83. The monoisotopic (exact) mass is 726 g/mol. The second kappa shape index (κ2) is 21.0. The largest absolute Gasteiger partial charge is 0.493 e. The van der Waals surface area contributed by atoms with Gasteiger partial charge in [-0.15, -0.1) is 11.6 Å². The van der Waals surface area contributed by atoms with Gasteiger partial charge in [-0.1, -0.05) is 25.8 Å². The summed E-state index contributed by atoms with van der Waals surface area (Å²) >= 11 is 4.65. The molecule has 3 fully saturated rings. The molecule has 49 heavy (non-hydrogen) atoms. The molecule has 4 rings (SSSR count). The maximum absolute atomic E-state index is 15.0. The van der Waals surface area contributed by atoms with E-state index in [1.807, 2.05) is 4.90 Å². The van der Waals surface area contributed by atoms with Gasteiger partial charge in [0.1, 0.15) is 11.6 Å². The molecule has 0 aromatic heterocycles. The first-order valence-corrected chi connectivity index (χ1v) is 20.2. The van der Waals surface area contributed by atoms with E-state index in [0.29, 0.717) is 82.1 Å². The summed E-state index contributed by atoms with van der Waals surface area (Å²) in [5.74, 6) is 2.11. The van der Waals surface area contributed by atoms with Crippen LogP contribution in [0.25, 0.3) is 0 Å². The van der Waals surface area contributed by atoms with Gasteiger partial charge in [-0.2, -0.15) is 0 Å². The van der Waals surface area contributed by atoms with Crippen molar-refractivity contribution in [1.29, 1.82) is 0 Å². The lowest BCUT2D eigenvalue weighted by Gasteiger charge is -2.32. The topological polar surface area (TPSA) is 105 Å². The number of ether oxygens (including phenoxy) is 1. The summed E-state index contributed by atoms with van der Waals surface area (Å²) < 4.78 is 43.1. The van der Waals surface area contributed by atoms with Crippen LogP contribution < -0.4 is 10.1 Å². The van der Waals surface area contributed by atoms with Crippen LogP contribution in [-0.4, -0.2) is 122 Å². The lowest BCUT2D eigenvalue weighted by molar-refractivity contribution is -0.548. The number of alkyl halides is 1. The van der Waals surface area contributed by atoms with Crippen molar-refractivity contribution >= 4 is 40.5 Å². The van der Waals surface area contributed by atoms with Crippen LogP contribution in [0.15, 0.2) is 18.2 Å². The van der Waals surface area contributed by atoms with Gasteiger partial charge in [-0.05, 0) is 75.3 Å². The van der Waals surface area contributed by atoms with E-state index < -0.39 is 16.9 Å². The minimum absolute atomic E-state index is 0.00267. The first-order valence-electron chi connectivity index (χ1n) is 18.5. The van der Waals surface area contributed by atoms with Crippen molar-refractivity contribution < 1.29 is 32.1 Å². The van der Waals surface area contributed by atoms with Gasteiger partial charge in [-0.3, -0.25) is 24.4 Å². The average molecular weight is 727 g/mol. The van der Waals surface area contributed by atoms with Crippen molar-refractivity contribution in [3.63, 3.8) is 0 Å². The van der Waals surface area contributed by atoms with E-state index in [9.17, 15) is 13.8 Å². The molecule has 1 aromatic rings. The van der Waals surface area contributed by atoms with Gasteiger partial charge in [0.05, 0.1) is 51.1 Å². The molecule has 2 amide bonds. The van der Waals surface area contributed by atoms with Crippen molar-refractivity contribution in [2.75, 3.05) is 71.3 Å². The van der Waals surface area contributed by atoms with Gasteiger partial charge in [0, 0.05) is 44.4 Å². The molecule has 3 aliphatic rings. The smallest absolute Gasteiger partial charge is 0.348 e. The van der Waals surface area contributed by atoms with E-state index in [0.717, 1.165) is 58.4 Å². The van der Waals surface area contributed by atoms with Crippen molar-refractivity contribution in [3.8, 4) is 5.75 Å². The number of unbranched alkanes of at least 4 members (excludes halogenated alkanes) is 3. The highest BCUT2D eigenvalue weighted by atomic mass is 35.5. The molecule has 0 bridgehead atoms. The number of benzene rings is 1. The summed E-state index contributed by atoms with van der Waals surface area (Å²) in [7, 11) is 0. The van der Waals surface area contributed by atoms with Crippen LogP contribution in [0.5, 0.6) is 5.75 Å². The Balaban J connectivity index is 1.13. The van der Waals surface area contributed by atoms with Crippen LogP contribution >= 0.6 is 11.6 Å². The number of hydrogen-bond donors (Lipinski definition) is 2. The number of nitrogens with zero attached hydrogens (tertiary/aromatic N) is 4. The van der Waals surface area contributed by atoms with E-state index in [4.69, 9.17) is 20.9 Å². The fourth-order valence-electron chi connectivity index (χ4n) is 7.08. The number of rotatable bonds is 16. The molecule has 0 saturated carbocycles. The van der Waals surface area contributed by atoms with Crippen molar-refractivity contribution in [2.24, 2.45) is 5.92 Å². The van der Waals surface area contributed by atoms with E-state index >= 15 is 4.39 Å². The zero-order valence-electron chi connectivity index (χ0n) is 29.4. The molecule has 3 aliphatic heterocycles. The van der Waals surface area contributed by atoms with Gasteiger partial charge >= 0.3 is 5.96 Å². The Bertz CT molecular complexity index is 1250. The second-order valence-corrected chi connectivity index (χ2v) is 15.4. The molecular weight excluding hydrogens is 669 g/mol. The Hall–Kier alpha value is -2.44. The Morgan fingerprint density at radius 1 is 1.04 bits per heavy atom. The predicted octanol–water partition coefficient (Wildman–Crippen LogP) is 4.85. The molecule has 2 unspecified atom stereocenters. The first kappa shape index (κ1) is 39.3. The standard InChI is InChI=1S/C36H57ClFN5O5S/c1-2-3-5-16-43-28-31(37)27-39-36(43)42-21-14-29(15-22-42)10-7-23-48-32-13-12-30(33(38)26-32)25-35(45)41-19-8-17-40(18-9-20-41)34(44)11-4-6-24-49(46)47/h12-13,26,29,31H,2-11,14-25,27-28H2,1H3,(H,46,47)/p+1. The molecule has 0 aliphatic carbocycles. The molecule has 1 aromatic carbocycles. The highest BCUT2D eigenvalue weighted by Crippen LogP contribution is 2.23. The lowest BCUT2D eigenvalue weighted by atomic mass is 9.93. The van der Waals surface area contributed by atoms with Crippen LogP contribution in [0.4, 0.5) is 4.39 Å². The molecule has 2 N–H and O–H groups in total. The molecule has 0 spiro atoms. The third kappa shape index (κ3) is 13.3. The van der Waals surface area contributed by atoms with E-state index in [1.54, 1.807) is 17.0 Å². The maximum Gasteiger partial charge on any atom is 0.348 e. The van der Waals surface area contributed by atoms with Gasteiger partial charge in [0.15, 0.2) is 11.1 Å². The van der Waals surface area contributed by atoms with Crippen molar-refractivity contribution in [1.82, 2.24) is 20.0 Å².